The molecule has 27 heavy (non-hydrogen) atoms. The van der Waals surface area contributed by atoms with Gasteiger partial charge in [-0.2, -0.15) is 0 Å². The SMILES string of the molecule is CC1(C)OB(c2cccc(C(=O)NS(=O)(=O)c3ccccc3)c2)OC1(C)C. The Hall–Kier alpha value is -2.16. The summed E-state index contributed by atoms with van der Waals surface area (Å²) in [5.74, 6) is -0.711. The van der Waals surface area contributed by atoms with Gasteiger partial charge in [-0.05, 0) is 57.4 Å². The molecule has 8 heteroatoms. The first-order chi connectivity index (χ1) is 12.5. The van der Waals surface area contributed by atoms with E-state index in [9.17, 15) is 13.2 Å². The molecular formula is C19H22BNO5S. The van der Waals surface area contributed by atoms with E-state index in [0.29, 0.717) is 5.46 Å². The van der Waals surface area contributed by atoms with E-state index >= 15 is 0 Å². The fraction of sp³-hybridized carbons (Fsp3) is 0.316. The van der Waals surface area contributed by atoms with Gasteiger partial charge in [0.2, 0.25) is 0 Å². The molecule has 0 bridgehead atoms. The Labute approximate surface area is 160 Å². The van der Waals surface area contributed by atoms with Crippen molar-refractivity contribution in [3.05, 3.63) is 60.2 Å². The van der Waals surface area contributed by atoms with Crippen LogP contribution in [-0.2, 0) is 19.3 Å². The van der Waals surface area contributed by atoms with Gasteiger partial charge in [-0.15, -0.1) is 0 Å². The number of amides is 1. The second-order valence-corrected chi connectivity index (χ2v) is 9.14. The third-order valence-corrected chi connectivity index (χ3v) is 6.30. The average molecular weight is 387 g/mol. The van der Waals surface area contributed by atoms with Crippen molar-refractivity contribution in [3.8, 4) is 0 Å². The number of nitrogens with one attached hydrogen (secondary N) is 1. The molecule has 1 fully saturated rings. The molecule has 1 amide bonds. The lowest BCUT2D eigenvalue weighted by Gasteiger charge is -2.32. The molecule has 6 nitrogen and oxygen atoms in total. The van der Waals surface area contributed by atoms with Crippen molar-refractivity contribution in [3.63, 3.8) is 0 Å². The van der Waals surface area contributed by atoms with Gasteiger partial charge in [0.1, 0.15) is 0 Å². The minimum absolute atomic E-state index is 0.0282. The van der Waals surface area contributed by atoms with E-state index in [4.69, 9.17) is 9.31 Å². The van der Waals surface area contributed by atoms with Crippen molar-refractivity contribution in [1.29, 1.82) is 0 Å². The highest BCUT2D eigenvalue weighted by Crippen LogP contribution is 2.36. The molecule has 0 unspecified atom stereocenters. The van der Waals surface area contributed by atoms with E-state index < -0.39 is 34.3 Å². The Morgan fingerprint density at radius 2 is 1.52 bits per heavy atom. The van der Waals surface area contributed by atoms with Crippen LogP contribution in [0, 0.1) is 0 Å². The summed E-state index contributed by atoms with van der Waals surface area (Å²) >= 11 is 0. The molecule has 0 atom stereocenters. The first kappa shape index (κ1) is 19.6. The molecule has 1 aliphatic rings. The van der Waals surface area contributed by atoms with Crippen molar-refractivity contribution in [2.45, 2.75) is 43.8 Å². The van der Waals surface area contributed by atoms with Crippen molar-refractivity contribution in [2.24, 2.45) is 0 Å². The third-order valence-electron chi connectivity index (χ3n) is 4.95. The largest absolute Gasteiger partial charge is 0.494 e. The van der Waals surface area contributed by atoms with Crippen LogP contribution < -0.4 is 10.2 Å². The van der Waals surface area contributed by atoms with Crippen molar-refractivity contribution >= 4 is 28.5 Å². The lowest BCUT2D eigenvalue weighted by molar-refractivity contribution is 0.00578. The summed E-state index contributed by atoms with van der Waals surface area (Å²) in [6, 6.07) is 14.3. The number of hydrogen-bond acceptors (Lipinski definition) is 5. The van der Waals surface area contributed by atoms with Crippen molar-refractivity contribution in [2.75, 3.05) is 0 Å². The maximum Gasteiger partial charge on any atom is 0.494 e. The second kappa shape index (κ2) is 6.78. The molecule has 0 aromatic heterocycles. The van der Waals surface area contributed by atoms with Gasteiger partial charge in [0, 0.05) is 5.56 Å². The van der Waals surface area contributed by atoms with Gasteiger partial charge in [0.15, 0.2) is 0 Å². The number of carbonyl (C=O) groups excluding carboxylic acids is 1. The van der Waals surface area contributed by atoms with Crippen LogP contribution in [0.25, 0.3) is 0 Å². The number of sulfonamides is 1. The molecule has 1 aliphatic heterocycles. The standard InChI is InChI=1S/C19H22BNO5S/c1-18(2)19(3,4)26-20(25-18)15-10-8-9-14(13-15)17(22)21-27(23,24)16-11-6-5-7-12-16/h5-13H,1-4H3,(H,21,22). The molecule has 0 aliphatic carbocycles. The molecule has 3 rings (SSSR count). The zero-order chi connectivity index (χ0) is 19.9. The highest BCUT2D eigenvalue weighted by Gasteiger charge is 2.51. The summed E-state index contributed by atoms with van der Waals surface area (Å²) in [5.41, 5.74) is -0.153. The Bertz CT molecular complexity index is 941. The minimum atomic E-state index is -3.94. The second-order valence-electron chi connectivity index (χ2n) is 7.46. The van der Waals surface area contributed by atoms with Crippen LogP contribution >= 0.6 is 0 Å². The number of benzene rings is 2. The fourth-order valence-corrected chi connectivity index (χ4v) is 3.64. The Balaban J connectivity index is 1.81. The first-order valence-electron chi connectivity index (χ1n) is 8.60. The van der Waals surface area contributed by atoms with Crippen LogP contribution in [0.15, 0.2) is 59.5 Å². The van der Waals surface area contributed by atoms with Crippen LogP contribution in [0.1, 0.15) is 38.1 Å². The van der Waals surface area contributed by atoms with Crippen molar-refractivity contribution in [1.82, 2.24) is 4.72 Å². The van der Waals surface area contributed by atoms with Crippen LogP contribution in [0.4, 0.5) is 0 Å². The van der Waals surface area contributed by atoms with Gasteiger partial charge in [-0.1, -0.05) is 30.3 Å². The molecule has 0 spiro atoms. The number of rotatable bonds is 4. The maximum atomic E-state index is 12.5. The predicted octanol–water partition coefficient (Wildman–Crippen LogP) is 2.10. The molecule has 1 heterocycles. The predicted molar refractivity (Wildman–Crippen MR) is 103 cm³/mol. The molecule has 0 saturated carbocycles. The Morgan fingerprint density at radius 1 is 0.926 bits per heavy atom. The van der Waals surface area contributed by atoms with E-state index in [-0.39, 0.29) is 10.5 Å². The number of hydrogen-bond donors (Lipinski definition) is 1. The lowest BCUT2D eigenvalue weighted by Crippen LogP contribution is -2.41. The lowest BCUT2D eigenvalue weighted by atomic mass is 9.78. The summed E-state index contributed by atoms with van der Waals surface area (Å²) in [6.45, 7) is 7.76. The normalized spacial score (nSPS) is 18.3. The van der Waals surface area contributed by atoms with Gasteiger partial charge < -0.3 is 9.31 Å². The summed E-state index contributed by atoms with van der Waals surface area (Å²) in [6.07, 6.45) is 0. The molecular weight excluding hydrogens is 365 g/mol. The van der Waals surface area contributed by atoms with Crippen LogP contribution in [0.3, 0.4) is 0 Å². The van der Waals surface area contributed by atoms with E-state index in [1.807, 2.05) is 27.7 Å². The van der Waals surface area contributed by atoms with E-state index in [2.05, 4.69) is 4.72 Å². The van der Waals surface area contributed by atoms with Crippen LogP contribution in [0.2, 0.25) is 0 Å². The summed E-state index contributed by atoms with van der Waals surface area (Å²) in [7, 11) is -4.57. The molecule has 2 aromatic rings. The van der Waals surface area contributed by atoms with Gasteiger partial charge in [0.25, 0.3) is 15.9 Å². The van der Waals surface area contributed by atoms with Gasteiger partial charge in [-0.3, -0.25) is 4.79 Å². The Morgan fingerprint density at radius 3 is 2.11 bits per heavy atom. The average Bonchev–Trinajstić information content (AvgIpc) is 2.83. The molecule has 142 valence electrons. The molecule has 2 aromatic carbocycles. The third kappa shape index (κ3) is 3.92. The quantitative estimate of drug-likeness (QED) is 0.813. The first-order valence-corrected chi connectivity index (χ1v) is 10.1. The number of carbonyl (C=O) groups is 1. The smallest absolute Gasteiger partial charge is 0.399 e. The van der Waals surface area contributed by atoms with Gasteiger partial charge in [0.05, 0.1) is 16.1 Å². The van der Waals surface area contributed by atoms with E-state index in [1.54, 1.807) is 42.5 Å². The van der Waals surface area contributed by atoms with Gasteiger partial charge in [-0.25, -0.2) is 13.1 Å². The van der Waals surface area contributed by atoms with E-state index in [0.717, 1.165) is 0 Å². The highest BCUT2D eigenvalue weighted by molar-refractivity contribution is 7.90. The zero-order valence-electron chi connectivity index (χ0n) is 15.7. The minimum Gasteiger partial charge on any atom is -0.399 e. The molecule has 0 radical (unpaired) electrons. The topological polar surface area (TPSA) is 81.7 Å². The summed E-state index contributed by atoms with van der Waals surface area (Å²) in [4.78, 5) is 12.5. The van der Waals surface area contributed by atoms with E-state index in [1.165, 1.54) is 12.1 Å². The molecule has 1 saturated heterocycles. The molecule has 1 N–H and O–H groups in total. The fourth-order valence-electron chi connectivity index (χ4n) is 2.65. The maximum absolute atomic E-state index is 12.5. The van der Waals surface area contributed by atoms with Gasteiger partial charge >= 0.3 is 7.12 Å². The Kier molecular flexibility index (Phi) is 4.92. The zero-order valence-corrected chi connectivity index (χ0v) is 16.5. The van der Waals surface area contributed by atoms with Crippen LogP contribution in [-0.4, -0.2) is 32.6 Å². The monoisotopic (exact) mass is 387 g/mol. The summed E-state index contributed by atoms with van der Waals surface area (Å²) in [5, 5.41) is 0. The van der Waals surface area contributed by atoms with Crippen molar-refractivity contribution < 1.29 is 22.5 Å². The highest BCUT2D eigenvalue weighted by atomic mass is 32.2. The van der Waals surface area contributed by atoms with Crippen LogP contribution in [0.5, 0.6) is 0 Å². The summed E-state index contributed by atoms with van der Waals surface area (Å²) < 4.78 is 38.7.